The Morgan fingerprint density at radius 1 is 1.13 bits per heavy atom. The predicted molar refractivity (Wildman–Crippen MR) is 163 cm³/mol. The molecule has 0 spiro atoms. The summed E-state index contributed by atoms with van der Waals surface area (Å²) in [6, 6.07) is 17.1. The SMILES string of the molecule is COC(=O)c1ccc2c(C(N)=O)c(CN3CCC(c4cccc(OCc5ccc(C#N)cc5F)n4)CC3)n(C[C@@H]3CCO3)c2c1. The molecule has 2 aliphatic heterocycles. The lowest BCUT2D eigenvalue weighted by molar-refractivity contribution is -0.0591. The van der Waals surface area contributed by atoms with Crippen molar-refractivity contribution in [2.24, 2.45) is 5.73 Å². The predicted octanol–water partition coefficient (Wildman–Crippen LogP) is 4.68. The average Bonchev–Trinajstić information content (AvgIpc) is 3.34. The Labute approximate surface area is 260 Å². The number of pyridine rings is 1. The maximum Gasteiger partial charge on any atom is 0.337 e. The van der Waals surface area contributed by atoms with Crippen LogP contribution >= 0.6 is 0 Å². The molecule has 0 aliphatic carbocycles. The normalized spacial score (nSPS) is 17.0. The van der Waals surface area contributed by atoms with Crippen LogP contribution < -0.4 is 10.5 Å². The summed E-state index contributed by atoms with van der Waals surface area (Å²) in [5, 5.41) is 9.67. The molecule has 232 valence electrons. The number of hydrogen-bond donors (Lipinski definition) is 1. The smallest absolute Gasteiger partial charge is 0.337 e. The molecular formula is C34H34FN5O5. The minimum atomic E-state index is -0.508. The maximum atomic E-state index is 14.3. The van der Waals surface area contributed by atoms with E-state index in [1.165, 1.54) is 13.2 Å². The number of amides is 1. The number of fused-ring (bicyclic) bond motifs is 1. The van der Waals surface area contributed by atoms with Crippen molar-refractivity contribution in [2.75, 3.05) is 26.8 Å². The minimum Gasteiger partial charge on any atom is -0.473 e. The summed E-state index contributed by atoms with van der Waals surface area (Å²) < 4.78 is 32.9. The zero-order valence-corrected chi connectivity index (χ0v) is 25.0. The highest BCUT2D eigenvalue weighted by Crippen LogP contribution is 2.33. The molecule has 4 heterocycles. The first kappa shape index (κ1) is 30.2. The summed E-state index contributed by atoms with van der Waals surface area (Å²) in [5.41, 5.74) is 9.92. The molecule has 0 unspecified atom stereocenters. The highest BCUT2D eigenvalue weighted by Gasteiger charge is 2.29. The van der Waals surface area contributed by atoms with Crippen molar-refractivity contribution in [1.29, 1.82) is 5.26 Å². The highest BCUT2D eigenvalue weighted by atomic mass is 19.1. The third-order valence-corrected chi connectivity index (χ3v) is 8.70. The Morgan fingerprint density at radius 3 is 2.60 bits per heavy atom. The molecule has 10 nitrogen and oxygen atoms in total. The second kappa shape index (κ2) is 13.1. The van der Waals surface area contributed by atoms with Crippen LogP contribution in [0.15, 0.2) is 54.6 Å². The molecule has 2 aromatic heterocycles. The first-order valence-corrected chi connectivity index (χ1v) is 15.0. The average molecular weight is 612 g/mol. The van der Waals surface area contributed by atoms with Crippen LogP contribution in [0.4, 0.5) is 4.39 Å². The van der Waals surface area contributed by atoms with E-state index in [-0.39, 0.29) is 24.2 Å². The van der Waals surface area contributed by atoms with E-state index in [1.54, 1.807) is 36.4 Å². The summed E-state index contributed by atoms with van der Waals surface area (Å²) in [4.78, 5) is 32.1. The van der Waals surface area contributed by atoms with E-state index in [0.717, 1.165) is 49.3 Å². The van der Waals surface area contributed by atoms with Gasteiger partial charge in [0.05, 0.1) is 41.5 Å². The summed E-state index contributed by atoms with van der Waals surface area (Å²) in [6.45, 7) is 3.35. The molecule has 2 fully saturated rings. The number of halogens is 1. The maximum absolute atomic E-state index is 14.3. The van der Waals surface area contributed by atoms with Crippen LogP contribution in [0.2, 0.25) is 0 Å². The molecule has 11 heteroatoms. The topological polar surface area (TPSA) is 133 Å². The first-order valence-electron chi connectivity index (χ1n) is 15.0. The third kappa shape index (κ3) is 6.38. The number of nitrogens with zero attached hydrogens (tertiary/aromatic N) is 4. The monoisotopic (exact) mass is 611 g/mol. The number of primary amides is 1. The Hall–Kier alpha value is -4.79. The summed E-state index contributed by atoms with van der Waals surface area (Å²) >= 11 is 0. The van der Waals surface area contributed by atoms with E-state index < -0.39 is 17.7 Å². The van der Waals surface area contributed by atoms with Gasteiger partial charge in [0, 0.05) is 54.0 Å². The van der Waals surface area contributed by atoms with Crippen molar-refractivity contribution in [3.63, 3.8) is 0 Å². The van der Waals surface area contributed by atoms with Gasteiger partial charge in [-0.2, -0.15) is 5.26 Å². The number of nitrogens with two attached hydrogens (primary N) is 1. The Kier molecular flexibility index (Phi) is 8.78. The van der Waals surface area contributed by atoms with Crippen LogP contribution in [-0.2, 0) is 29.2 Å². The third-order valence-electron chi connectivity index (χ3n) is 8.70. The van der Waals surface area contributed by atoms with Gasteiger partial charge in [0.1, 0.15) is 12.4 Å². The van der Waals surface area contributed by atoms with E-state index in [1.807, 2.05) is 18.2 Å². The first-order chi connectivity index (χ1) is 21.8. The summed E-state index contributed by atoms with van der Waals surface area (Å²) in [6.07, 6.45) is 2.66. The molecule has 4 aromatic rings. The van der Waals surface area contributed by atoms with E-state index in [4.69, 9.17) is 30.2 Å². The molecule has 45 heavy (non-hydrogen) atoms. The number of aromatic nitrogens is 2. The van der Waals surface area contributed by atoms with Crippen LogP contribution in [0.25, 0.3) is 10.9 Å². The molecule has 0 bridgehead atoms. The molecule has 6 rings (SSSR count). The van der Waals surface area contributed by atoms with Gasteiger partial charge in [-0.3, -0.25) is 9.69 Å². The van der Waals surface area contributed by atoms with E-state index in [9.17, 15) is 14.0 Å². The number of benzene rings is 2. The molecule has 1 amide bonds. The van der Waals surface area contributed by atoms with Crippen LogP contribution in [-0.4, -0.2) is 59.2 Å². The van der Waals surface area contributed by atoms with Crippen LogP contribution in [0, 0.1) is 17.1 Å². The number of methoxy groups -OCH3 is 1. The van der Waals surface area contributed by atoms with Crippen molar-refractivity contribution in [1.82, 2.24) is 14.5 Å². The van der Waals surface area contributed by atoms with E-state index in [2.05, 4.69) is 9.47 Å². The van der Waals surface area contributed by atoms with Gasteiger partial charge in [0.15, 0.2) is 0 Å². The number of rotatable bonds is 10. The molecule has 2 saturated heterocycles. The van der Waals surface area contributed by atoms with Crippen molar-refractivity contribution in [2.45, 2.75) is 51.0 Å². The lowest BCUT2D eigenvalue weighted by atomic mass is 9.93. The lowest BCUT2D eigenvalue weighted by Crippen LogP contribution is -2.36. The van der Waals surface area contributed by atoms with Gasteiger partial charge in [0.2, 0.25) is 5.88 Å². The molecule has 0 radical (unpaired) electrons. The number of nitriles is 1. The van der Waals surface area contributed by atoms with Gasteiger partial charge in [-0.05, 0) is 62.7 Å². The summed E-state index contributed by atoms with van der Waals surface area (Å²) in [5.74, 6) is -0.813. The molecule has 1 atom stereocenters. The second-order valence-corrected chi connectivity index (χ2v) is 11.5. The standard InChI is InChI=1S/C34H34FN5O5/c1-43-34(42)23-7-8-26-29(16-23)40(18-25-11-14-44-25)30(32(26)33(37)41)19-39-12-9-22(10-13-39)28-3-2-4-31(38-28)45-20-24-6-5-21(17-36)15-27(24)35/h2-8,15-16,22,25H,9-14,18-20H2,1H3,(H2,37,41)/t25-/m0/s1. The number of hydrogen-bond acceptors (Lipinski definition) is 8. The van der Waals surface area contributed by atoms with Crippen LogP contribution in [0.5, 0.6) is 5.88 Å². The van der Waals surface area contributed by atoms with Crippen molar-refractivity contribution < 1.29 is 28.2 Å². The fourth-order valence-corrected chi connectivity index (χ4v) is 6.15. The van der Waals surface area contributed by atoms with Gasteiger partial charge in [-0.1, -0.05) is 18.2 Å². The Bertz CT molecular complexity index is 1790. The quantitative estimate of drug-likeness (QED) is 0.256. The zero-order chi connectivity index (χ0) is 31.5. The number of likely N-dealkylation sites (tertiary alicyclic amines) is 1. The van der Waals surface area contributed by atoms with Crippen molar-refractivity contribution in [3.8, 4) is 11.9 Å². The molecule has 2 aromatic carbocycles. The van der Waals surface area contributed by atoms with Gasteiger partial charge in [0.25, 0.3) is 5.91 Å². The number of esters is 1. The van der Waals surface area contributed by atoms with Crippen LogP contribution in [0.3, 0.4) is 0 Å². The van der Waals surface area contributed by atoms with Crippen molar-refractivity contribution in [3.05, 3.63) is 94.1 Å². The van der Waals surface area contributed by atoms with E-state index >= 15 is 0 Å². The van der Waals surface area contributed by atoms with Gasteiger partial charge in [-0.25, -0.2) is 14.2 Å². The molecule has 2 N–H and O–H groups in total. The van der Waals surface area contributed by atoms with Gasteiger partial charge in [-0.15, -0.1) is 0 Å². The highest BCUT2D eigenvalue weighted by molar-refractivity contribution is 6.09. The number of piperidine rings is 1. The van der Waals surface area contributed by atoms with Crippen LogP contribution in [0.1, 0.15) is 68.4 Å². The second-order valence-electron chi connectivity index (χ2n) is 11.5. The van der Waals surface area contributed by atoms with Crippen molar-refractivity contribution >= 4 is 22.8 Å². The fourth-order valence-electron chi connectivity index (χ4n) is 6.15. The van der Waals surface area contributed by atoms with Gasteiger partial charge < -0.3 is 24.5 Å². The lowest BCUT2D eigenvalue weighted by Gasteiger charge is -2.33. The largest absolute Gasteiger partial charge is 0.473 e. The van der Waals surface area contributed by atoms with E-state index in [0.29, 0.717) is 47.7 Å². The molecule has 2 aliphatic rings. The number of carbonyl (C=O) groups is 2. The zero-order valence-electron chi connectivity index (χ0n) is 25.0. The molecular weight excluding hydrogens is 577 g/mol. The Morgan fingerprint density at radius 2 is 1.93 bits per heavy atom. The molecule has 0 saturated carbocycles. The summed E-state index contributed by atoms with van der Waals surface area (Å²) in [7, 11) is 1.34. The van der Waals surface area contributed by atoms with Gasteiger partial charge >= 0.3 is 5.97 Å². The fraction of sp³-hybridized carbons (Fsp3) is 0.353. The minimum absolute atomic E-state index is 0.00958. The Balaban J connectivity index is 1.17. The number of ether oxygens (including phenoxy) is 3. The number of carbonyl (C=O) groups excluding carboxylic acids is 2.